The Morgan fingerprint density at radius 1 is 0.810 bits per heavy atom. The van der Waals surface area contributed by atoms with Gasteiger partial charge in [0.25, 0.3) is 0 Å². The summed E-state index contributed by atoms with van der Waals surface area (Å²) in [4.78, 5) is 29.8. The van der Waals surface area contributed by atoms with Crippen LogP contribution in [0, 0.1) is 10.5 Å². The van der Waals surface area contributed by atoms with E-state index in [1.54, 1.807) is 0 Å². The fourth-order valence-corrected chi connectivity index (χ4v) is 7.40. The van der Waals surface area contributed by atoms with Gasteiger partial charge in [-0.1, -0.05) is 60.2 Å². The second kappa shape index (κ2) is 12.5. The highest BCUT2D eigenvalue weighted by atomic mass is 127. The summed E-state index contributed by atoms with van der Waals surface area (Å²) in [7, 11) is 0. The highest BCUT2D eigenvalue weighted by molar-refractivity contribution is 14.1. The zero-order valence-corrected chi connectivity index (χ0v) is 26.4. The number of ketones is 2. The molecule has 42 heavy (non-hydrogen) atoms. The van der Waals surface area contributed by atoms with Crippen LogP contribution >= 0.6 is 22.6 Å². The number of nitrogens with zero attached hydrogens (tertiary/aromatic N) is 1. The molecule has 3 aromatic carbocycles. The average molecular weight is 674 g/mol. The molecule has 0 amide bonds. The number of aryl methyl sites for hydroxylation is 1. The molecule has 3 aliphatic rings. The van der Waals surface area contributed by atoms with Gasteiger partial charge >= 0.3 is 0 Å². The summed E-state index contributed by atoms with van der Waals surface area (Å²) in [5.41, 5.74) is 8.13. The molecule has 1 heterocycles. The number of rotatable bonds is 8. The van der Waals surface area contributed by atoms with Crippen molar-refractivity contribution >= 4 is 34.2 Å². The van der Waals surface area contributed by atoms with E-state index in [2.05, 4.69) is 70.8 Å². The lowest BCUT2D eigenvalue weighted by atomic mass is 9.71. The monoisotopic (exact) mass is 673 g/mol. The fourth-order valence-electron chi connectivity index (χ4n) is 6.62. The summed E-state index contributed by atoms with van der Waals surface area (Å²) in [5.74, 6) is 1.25. The molecule has 0 radical (unpaired) electrons. The molecule has 2 aliphatic carbocycles. The Labute approximate surface area is 261 Å². The summed E-state index contributed by atoms with van der Waals surface area (Å²) in [6.07, 6.45) is 4.36. The largest absolute Gasteiger partial charge is 0.490 e. The standard InChI is InChI=1S/C36H36INO4/c1-3-41-32-20-26(19-27(37)36(32)42-22-25-13-7-10-23(2)18-25)33-34-28(14-8-16-30(34)39)38(21-24-11-5-4-6-12-24)29-15-9-17-31(40)35(29)33/h4-7,10-13,18-20,33H,3,8-9,14-17,21-22H2,1-2H3. The van der Waals surface area contributed by atoms with Crippen molar-refractivity contribution in [2.75, 3.05) is 6.61 Å². The molecule has 6 heteroatoms. The molecule has 216 valence electrons. The third-order valence-electron chi connectivity index (χ3n) is 8.40. The third-order valence-corrected chi connectivity index (χ3v) is 9.20. The highest BCUT2D eigenvalue weighted by Gasteiger charge is 2.43. The van der Waals surface area contributed by atoms with Crippen LogP contribution in [-0.4, -0.2) is 23.1 Å². The van der Waals surface area contributed by atoms with E-state index in [0.717, 1.165) is 62.9 Å². The van der Waals surface area contributed by atoms with E-state index in [4.69, 9.17) is 9.47 Å². The lowest BCUT2D eigenvalue weighted by Crippen LogP contribution is -2.38. The Kier molecular flexibility index (Phi) is 8.52. The van der Waals surface area contributed by atoms with Crippen molar-refractivity contribution in [3.05, 3.63) is 115 Å². The quantitative estimate of drug-likeness (QED) is 0.226. The number of carbonyl (C=O) groups is 2. The van der Waals surface area contributed by atoms with Crippen LogP contribution in [0.2, 0.25) is 0 Å². The van der Waals surface area contributed by atoms with E-state index in [1.165, 1.54) is 11.1 Å². The van der Waals surface area contributed by atoms with E-state index in [9.17, 15) is 9.59 Å². The first-order chi connectivity index (χ1) is 20.4. The lowest BCUT2D eigenvalue weighted by Gasteiger charge is -2.44. The van der Waals surface area contributed by atoms with Crippen LogP contribution in [-0.2, 0) is 22.7 Å². The molecule has 0 saturated heterocycles. The third kappa shape index (κ3) is 5.65. The number of carbonyl (C=O) groups excluding carboxylic acids is 2. The summed E-state index contributed by atoms with van der Waals surface area (Å²) in [5, 5.41) is 0. The van der Waals surface area contributed by atoms with Gasteiger partial charge in [-0.2, -0.15) is 0 Å². The molecular formula is C36H36INO4. The Hall–Kier alpha value is -3.39. The van der Waals surface area contributed by atoms with Crippen molar-refractivity contribution in [1.82, 2.24) is 4.90 Å². The molecule has 0 unspecified atom stereocenters. The van der Waals surface area contributed by atoms with E-state index < -0.39 is 0 Å². The van der Waals surface area contributed by atoms with E-state index in [-0.39, 0.29) is 17.5 Å². The number of hydrogen-bond acceptors (Lipinski definition) is 5. The van der Waals surface area contributed by atoms with Gasteiger partial charge in [0.2, 0.25) is 0 Å². The highest BCUT2D eigenvalue weighted by Crippen LogP contribution is 2.51. The zero-order valence-electron chi connectivity index (χ0n) is 24.3. The van der Waals surface area contributed by atoms with Crippen LogP contribution in [0.25, 0.3) is 0 Å². The Balaban J connectivity index is 1.45. The SMILES string of the molecule is CCOc1cc(C2C3=C(CCCC3=O)N(Cc3ccccc3)C3=C2C(=O)CCC3)cc(I)c1OCc1cccc(C)c1. The van der Waals surface area contributed by atoms with Gasteiger partial charge in [-0.3, -0.25) is 9.59 Å². The van der Waals surface area contributed by atoms with Crippen molar-refractivity contribution in [1.29, 1.82) is 0 Å². The van der Waals surface area contributed by atoms with Crippen LogP contribution in [0.3, 0.4) is 0 Å². The molecular weight excluding hydrogens is 637 g/mol. The summed E-state index contributed by atoms with van der Waals surface area (Å²) < 4.78 is 13.4. The lowest BCUT2D eigenvalue weighted by molar-refractivity contribution is -0.117. The van der Waals surface area contributed by atoms with E-state index >= 15 is 0 Å². The van der Waals surface area contributed by atoms with Crippen LogP contribution < -0.4 is 9.47 Å². The first kappa shape index (κ1) is 28.7. The number of Topliss-reactive ketones (excluding diaryl/α,β-unsaturated/α-hetero) is 2. The Morgan fingerprint density at radius 3 is 2.12 bits per heavy atom. The van der Waals surface area contributed by atoms with Crippen molar-refractivity contribution in [3.63, 3.8) is 0 Å². The summed E-state index contributed by atoms with van der Waals surface area (Å²) in [6, 6.07) is 22.7. The fraction of sp³-hybridized carbons (Fsp3) is 0.333. The smallest absolute Gasteiger partial charge is 0.174 e. The van der Waals surface area contributed by atoms with Crippen LogP contribution in [0.1, 0.15) is 73.6 Å². The molecule has 0 bridgehead atoms. The maximum absolute atomic E-state index is 13.8. The molecule has 0 fully saturated rings. The minimum atomic E-state index is -0.388. The number of allylic oxidation sites excluding steroid dienone is 4. The molecule has 1 aliphatic heterocycles. The minimum Gasteiger partial charge on any atom is -0.490 e. The Morgan fingerprint density at radius 2 is 1.48 bits per heavy atom. The molecule has 0 aromatic heterocycles. The van der Waals surface area contributed by atoms with Gasteiger partial charge in [-0.15, -0.1) is 0 Å². The van der Waals surface area contributed by atoms with Gasteiger partial charge in [0.05, 0.1) is 10.2 Å². The second-order valence-electron chi connectivity index (χ2n) is 11.3. The molecule has 3 aromatic rings. The van der Waals surface area contributed by atoms with Gasteiger partial charge in [-0.05, 0) is 90.9 Å². The van der Waals surface area contributed by atoms with E-state index in [1.807, 2.05) is 37.3 Å². The van der Waals surface area contributed by atoms with Crippen LogP contribution in [0.15, 0.2) is 89.3 Å². The first-order valence-electron chi connectivity index (χ1n) is 14.9. The van der Waals surface area contributed by atoms with Gasteiger partial charge in [0.1, 0.15) is 6.61 Å². The maximum atomic E-state index is 13.8. The Bertz CT molecular complexity index is 1550. The van der Waals surface area contributed by atoms with Crippen molar-refractivity contribution in [2.45, 2.75) is 71.4 Å². The predicted octanol–water partition coefficient (Wildman–Crippen LogP) is 8.19. The van der Waals surface area contributed by atoms with Crippen molar-refractivity contribution < 1.29 is 19.1 Å². The first-order valence-corrected chi connectivity index (χ1v) is 16.0. The average Bonchev–Trinajstić information content (AvgIpc) is 2.98. The van der Waals surface area contributed by atoms with Gasteiger partial charge in [0.15, 0.2) is 23.1 Å². The van der Waals surface area contributed by atoms with Crippen LogP contribution in [0.5, 0.6) is 11.5 Å². The van der Waals surface area contributed by atoms with Crippen molar-refractivity contribution in [2.24, 2.45) is 0 Å². The number of hydrogen-bond donors (Lipinski definition) is 0. The van der Waals surface area contributed by atoms with E-state index in [0.29, 0.717) is 44.1 Å². The molecule has 0 atom stereocenters. The minimum absolute atomic E-state index is 0.150. The zero-order chi connectivity index (χ0) is 29.2. The van der Waals surface area contributed by atoms with Crippen LogP contribution in [0.4, 0.5) is 0 Å². The molecule has 0 saturated carbocycles. The molecule has 6 rings (SSSR count). The molecule has 5 nitrogen and oxygen atoms in total. The van der Waals surface area contributed by atoms with Crippen molar-refractivity contribution in [3.8, 4) is 11.5 Å². The number of ether oxygens (including phenoxy) is 2. The van der Waals surface area contributed by atoms with Gasteiger partial charge < -0.3 is 14.4 Å². The summed E-state index contributed by atoms with van der Waals surface area (Å²) in [6.45, 7) is 5.61. The molecule has 0 N–H and O–H groups in total. The second-order valence-corrected chi connectivity index (χ2v) is 12.5. The predicted molar refractivity (Wildman–Crippen MR) is 172 cm³/mol. The van der Waals surface area contributed by atoms with Gasteiger partial charge in [0, 0.05) is 47.8 Å². The summed E-state index contributed by atoms with van der Waals surface area (Å²) >= 11 is 2.30. The van der Waals surface area contributed by atoms with Gasteiger partial charge in [-0.25, -0.2) is 0 Å². The normalized spacial score (nSPS) is 17.4. The topological polar surface area (TPSA) is 55.8 Å². The molecule has 0 spiro atoms. The number of benzene rings is 3. The number of halogens is 1. The maximum Gasteiger partial charge on any atom is 0.174 e.